The van der Waals surface area contributed by atoms with E-state index in [1.54, 1.807) is 0 Å². The number of aryl methyl sites for hydroxylation is 1. The minimum atomic E-state index is 0.132. The molecule has 3 heterocycles. The van der Waals surface area contributed by atoms with Crippen molar-refractivity contribution in [2.24, 2.45) is 5.92 Å². The maximum Gasteiger partial charge on any atom is 0.223 e. The summed E-state index contributed by atoms with van der Waals surface area (Å²) < 4.78 is 2.29. The molecule has 0 saturated carbocycles. The van der Waals surface area contributed by atoms with E-state index >= 15 is 0 Å². The summed E-state index contributed by atoms with van der Waals surface area (Å²) in [5.41, 5.74) is 2.24. The summed E-state index contributed by atoms with van der Waals surface area (Å²) in [5, 5.41) is 3.24. The Labute approximate surface area is 167 Å². The predicted octanol–water partition coefficient (Wildman–Crippen LogP) is 2.87. The quantitative estimate of drug-likeness (QED) is 0.833. The number of anilines is 1. The molecule has 2 aliphatic rings. The minimum Gasteiger partial charge on any atom is -0.354 e. The molecule has 1 aromatic heterocycles. The first-order valence-electron chi connectivity index (χ1n) is 10.9. The zero-order chi connectivity index (χ0) is 19.5. The zero-order valence-corrected chi connectivity index (χ0v) is 17.2. The summed E-state index contributed by atoms with van der Waals surface area (Å²) in [6.45, 7) is 10.1. The summed E-state index contributed by atoms with van der Waals surface area (Å²) >= 11 is 0. The van der Waals surface area contributed by atoms with E-state index in [0.717, 1.165) is 57.0 Å². The molecule has 2 fully saturated rings. The number of carbonyl (C=O) groups excluding carboxylic acids is 1. The fourth-order valence-electron chi connectivity index (χ4n) is 4.86. The molecule has 1 N–H and O–H groups in total. The Morgan fingerprint density at radius 3 is 2.64 bits per heavy atom. The van der Waals surface area contributed by atoms with Gasteiger partial charge in [0.1, 0.15) is 0 Å². The van der Waals surface area contributed by atoms with Crippen LogP contribution in [-0.4, -0.2) is 59.1 Å². The first-order chi connectivity index (χ1) is 13.7. The molecule has 4 rings (SSSR count). The molecule has 28 heavy (non-hydrogen) atoms. The molecule has 1 aromatic carbocycles. The average molecular weight is 384 g/mol. The van der Waals surface area contributed by atoms with Crippen LogP contribution in [-0.2, 0) is 11.3 Å². The summed E-state index contributed by atoms with van der Waals surface area (Å²) in [7, 11) is 0. The van der Waals surface area contributed by atoms with Gasteiger partial charge < -0.3 is 14.8 Å². The van der Waals surface area contributed by atoms with Gasteiger partial charge in [0.05, 0.1) is 11.0 Å². The van der Waals surface area contributed by atoms with Crippen LogP contribution in [0.4, 0.5) is 5.95 Å². The third kappa shape index (κ3) is 3.75. The van der Waals surface area contributed by atoms with Gasteiger partial charge in [-0.05, 0) is 57.8 Å². The first kappa shape index (κ1) is 19.2. The molecule has 0 bridgehead atoms. The highest BCUT2D eigenvalue weighted by Gasteiger charge is 2.29. The van der Waals surface area contributed by atoms with Crippen molar-refractivity contribution in [2.75, 3.05) is 37.6 Å². The summed E-state index contributed by atoms with van der Waals surface area (Å²) in [6.07, 6.45) is 4.27. The lowest BCUT2D eigenvalue weighted by molar-refractivity contribution is -0.125. The number of hydrogen-bond acceptors (Lipinski definition) is 4. The highest BCUT2D eigenvalue weighted by atomic mass is 16.1. The molecular formula is C22H33N5O. The van der Waals surface area contributed by atoms with Gasteiger partial charge in [-0.3, -0.25) is 9.69 Å². The lowest BCUT2D eigenvalue weighted by Crippen LogP contribution is -2.45. The number of fused-ring (bicyclic) bond motifs is 1. The number of nitrogens with zero attached hydrogens (tertiary/aromatic N) is 4. The molecule has 0 radical (unpaired) electrons. The van der Waals surface area contributed by atoms with Crippen molar-refractivity contribution in [2.45, 2.75) is 52.1 Å². The van der Waals surface area contributed by atoms with Crippen LogP contribution >= 0.6 is 0 Å². The normalized spacial score (nSPS) is 21.5. The first-order valence-corrected chi connectivity index (χ1v) is 10.9. The van der Waals surface area contributed by atoms with E-state index in [4.69, 9.17) is 4.98 Å². The van der Waals surface area contributed by atoms with E-state index in [1.807, 2.05) is 6.07 Å². The smallest absolute Gasteiger partial charge is 0.223 e. The van der Waals surface area contributed by atoms with Crippen LogP contribution in [0.5, 0.6) is 0 Å². The van der Waals surface area contributed by atoms with Crippen LogP contribution < -0.4 is 10.2 Å². The molecule has 6 heteroatoms. The van der Waals surface area contributed by atoms with Gasteiger partial charge in [-0.15, -0.1) is 0 Å². The molecular weight excluding hydrogens is 350 g/mol. The number of imidazole rings is 1. The Morgan fingerprint density at radius 2 is 1.89 bits per heavy atom. The van der Waals surface area contributed by atoms with Gasteiger partial charge in [0, 0.05) is 38.1 Å². The molecule has 0 unspecified atom stereocenters. The number of amides is 1. The Hall–Kier alpha value is -2.08. The lowest BCUT2D eigenvalue weighted by atomic mass is 9.96. The van der Waals surface area contributed by atoms with Gasteiger partial charge in [0.25, 0.3) is 0 Å². The number of hydrogen-bond donors (Lipinski definition) is 1. The van der Waals surface area contributed by atoms with Crippen LogP contribution in [0.2, 0.25) is 0 Å². The van der Waals surface area contributed by atoms with Gasteiger partial charge in [0.15, 0.2) is 0 Å². The van der Waals surface area contributed by atoms with E-state index in [2.05, 4.69) is 51.7 Å². The fourth-order valence-corrected chi connectivity index (χ4v) is 4.86. The lowest BCUT2D eigenvalue weighted by Gasteiger charge is -2.32. The fraction of sp³-hybridized carbons (Fsp3) is 0.636. The topological polar surface area (TPSA) is 53.4 Å². The highest BCUT2D eigenvalue weighted by Crippen LogP contribution is 2.27. The molecule has 0 spiro atoms. The maximum absolute atomic E-state index is 12.7. The number of benzene rings is 1. The minimum absolute atomic E-state index is 0.132. The van der Waals surface area contributed by atoms with Crippen LogP contribution in [0.3, 0.4) is 0 Å². The highest BCUT2D eigenvalue weighted by molar-refractivity contribution is 5.80. The number of likely N-dealkylation sites (N-methyl/N-ethyl adjacent to an activating group) is 1. The van der Waals surface area contributed by atoms with Gasteiger partial charge in [-0.2, -0.15) is 0 Å². The molecule has 0 aliphatic carbocycles. The van der Waals surface area contributed by atoms with E-state index < -0.39 is 0 Å². The number of para-hydroxylation sites is 2. The zero-order valence-electron chi connectivity index (χ0n) is 17.2. The summed E-state index contributed by atoms with van der Waals surface area (Å²) in [4.78, 5) is 22.4. The molecule has 2 aliphatic heterocycles. The third-order valence-electron chi connectivity index (χ3n) is 6.52. The number of aromatic nitrogens is 2. The SMILES string of the molecule is CCN1CCC[C@@H]1CNC(=O)C1CCN(c2nc3ccccc3n2CC)CC1. The Morgan fingerprint density at radius 1 is 1.11 bits per heavy atom. The second-order valence-electron chi connectivity index (χ2n) is 8.08. The molecule has 152 valence electrons. The van der Waals surface area contributed by atoms with Gasteiger partial charge in [-0.25, -0.2) is 4.98 Å². The number of piperidine rings is 1. The van der Waals surface area contributed by atoms with Crippen LogP contribution in [0.1, 0.15) is 39.5 Å². The van der Waals surface area contributed by atoms with Crippen LogP contribution in [0.25, 0.3) is 11.0 Å². The number of nitrogens with one attached hydrogen (secondary N) is 1. The van der Waals surface area contributed by atoms with Gasteiger partial charge >= 0.3 is 0 Å². The van der Waals surface area contributed by atoms with E-state index in [0.29, 0.717) is 6.04 Å². The standard InChI is InChI=1S/C22H33N5O/c1-3-25-13-7-8-18(25)16-23-21(28)17-11-14-26(15-12-17)22-24-19-9-5-6-10-20(19)27(22)4-2/h5-6,9-10,17-18H,3-4,7-8,11-16H2,1-2H3,(H,23,28)/t18-/m1/s1. The van der Waals surface area contributed by atoms with Crippen LogP contribution in [0.15, 0.2) is 24.3 Å². The average Bonchev–Trinajstić information content (AvgIpc) is 3.35. The van der Waals surface area contributed by atoms with Gasteiger partial charge in [0.2, 0.25) is 11.9 Å². The Bertz CT molecular complexity index is 808. The number of likely N-dealkylation sites (tertiary alicyclic amines) is 1. The third-order valence-corrected chi connectivity index (χ3v) is 6.52. The number of rotatable bonds is 6. The largest absolute Gasteiger partial charge is 0.354 e. The summed E-state index contributed by atoms with van der Waals surface area (Å²) in [5.74, 6) is 1.42. The van der Waals surface area contributed by atoms with Crippen molar-refractivity contribution in [3.63, 3.8) is 0 Å². The number of carbonyl (C=O) groups is 1. The predicted molar refractivity (Wildman–Crippen MR) is 114 cm³/mol. The van der Waals surface area contributed by atoms with Crippen LogP contribution in [0, 0.1) is 5.92 Å². The molecule has 6 nitrogen and oxygen atoms in total. The van der Waals surface area contributed by atoms with E-state index in [1.165, 1.54) is 24.9 Å². The van der Waals surface area contributed by atoms with Crippen molar-refractivity contribution >= 4 is 22.9 Å². The van der Waals surface area contributed by atoms with Crippen molar-refractivity contribution in [1.82, 2.24) is 19.8 Å². The van der Waals surface area contributed by atoms with Crippen molar-refractivity contribution < 1.29 is 4.79 Å². The molecule has 2 aromatic rings. The van der Waals surface area contributed by atoms with E-state index in [-0.39, 0.29) is 11.8 Å². The van der Waals surface area contributed by atoms with Gasteiger partial charge in [-0.1, -0.05) is 19.1 Å². The summed E-state index contributed by atoms with van der Waals surface area (Å²) in [6, 6.07) is 8.85. The molecule has 2 saturated heterocycles. The second kappa shape index (κ2) is 8.52. The molecule has 1 amide bonds. The monoisotopic (exact) mass is 383 g/mol. The van der Waals surface area contributed by atoms with Crippen molar-refractivity contribution in [3.05, 3.63) is 24.3 Å². The Balaban J connectivity index is 1.34. The molecule has 1 atom stereocenters. The second-order valence-corrected chi connectivity index (χ2v) is 8.08. The Kier molecular flexibility index (Phi) is 5.85. The van der Waals surface area contributed by atoms with Crippen molar-refractivity contribution in [1.29, 1.82) is 0 Å². The maximum atomic E-state index is 12.7. The van der Waals surface area contributed by atoms with Crippen molar-refractivity contribution in [3.8, 4) is 0 Å². The van der Waals surface area contributed by atoms with E-state index in [9.17, 15) is 4.79 Å².